The van der Waals surface area contributed by atoms with Crippen LogP contribution in [-0.2, 0) is 0 Å². The van der Waals surface area contributed by atoms with Crippen molar-refractivity contribution in [2.75, 3.05) is 0 Å². The lowest BCUT2D eigenvalue weighted by molar-refractivity contribution is -0.0436. The van der Waals surface area contributed by atoms with Gasteiger partial charge in [0.2, 0.25) is 0 Å². The van der Waals surface area contributed by atoms with Crippen LogP contribution >= 0.6 is 0 Å². The minimum Gasteiger partial charge on any atom is -0.444 e. The molecule has 1 spiro atoms. The summed E-state index contributed by atoms with van der Waals surface area (Å²) in [7, 11) is 0. The minimum atomic E-state index is -0.895. The molecule has 0 saturated carbocycles. The smallest absolute Gasteiger partial charge is 0.294 e. The van der Waals surface area contributed by atoms with Crippen molar-refractivity contribution in [3.05, 3.63) is 95.6 Å². The van der Waals surface area contributed by atoms with Crippen LogP contribution in [0.15, 0.2) is 84.4 Å². The fraction of sp³-hybridized carbons (Fsp3) is 0.273. The van der Waals surface area contributed by atoms with Gasteiger partial charge in [-0.2, -0.15) is 0 Å². The van der Waals surface area contributed by atoms with Crippen LogP contribution in [0, 0.1) is 0 Å². The summed E-state index contributed by atoms with van der Waals surface area (Å²) >= 11 is 0. The number of unbranched alkanes of at least 4 members (excludes halogenated alkanes) is 5. The molecule has 1 unspecified atom stereocenters. The molecule has 0 aliphatic carbocycles. The maximum atomic E-state index is 6.77. The number of rotatable bonds is 7. The summed E-state index contributed by atoms with van der Waals surface area (Å²) in [5, 5.41) is 4.89. The summed E-state index contributed by atoms with van der Waals surface area (Å²) in [6.07, 6.45) is 15.2. The molecule has 2 aliphatic heterocycles. The summed E-state index contributed by atoms with van der Waals surface area (Å²) in [4.78, 5) is 0. The van der Waals surface area contributed by atoms with Crippen molar-refractivity contribution >= 4 is 33.7 Å². The first-order valence-electron chi connectivity index (χ1n) is 13.1. The summed E-state index contributed by atoms with van der Waals surface area (Å²) in [6, 6.07) is 25.5. The summed E-state index contributed by atoms with van der Waals surface area (Å²) in [6.45, 7) is 2.27. The average molecular weight is 461 g/mol. The molecule has 1 atom stereocenters. The maximum Gasteiger partial charge on any atom is 0.294 e. The van der Waals surface area contributed by atoms with Gasteiger partial charge < -0.3 is 9.47 Å². The van der Waals surface area contributed by atoms with Crippen molar-refractivity contribution in [2.24, 2.45) is 0 Å². The van der Waals surface area contributed by atoms with Crippen LogP contribution in [-0.4, -0.2) is 5.79 Å². The summed E-state index contributed by atoms with van der Waals surface area (Å²) < 4.78 is 13.5. The first-order valence-corrected chi connectivity index (χ1v) is 13.1. The number of hydrogen-bond acceptors (Lipinski definition) is 2. The number of benzene rings is 4. The highest BCUT2D eigenvalue weighted by molar-refractivity contribution is 5.96. The molecule has 6 rings (SSSR count). The molecule has 4 aromatic rings. The summed E-state index contributed by atoms with van der Waals surface area (Å²) in [5.41, 5.74) is 3.49. The second kappa shape index (κ2) is 9.26. The Bertz CT molecular complexity index is 1440. The van der Waals surface area contributed by atoms with Crippen LogP contribution in [0.5, 0.6) is 11.5 Å². The Labute approximate surface area is 207 Å². The highest BCUT2D eigenvalue weighted by atomic mass is 16.7. The quantitative estimate of drug-likeness (QED) is 0.256. The zero-order chi connectivity index (χ0) is 23.7. The topological polar surface area (TPSA) is 18.5 Å². The molecule has 0 aromatic heterocycles. The predicted molar refractivity (Wildman–Crippen MR) is 147 cm³/mol. The molecule has 2 aliphatic rings. The van der Waals surface area contributed by atoms with E-state index in [0.717, 1.165) is 35.5 Å². The molecule has 2 heterocycles. The van der Waals surface area contributed by atoms with Gasteiger partial charge >= 0.3 is 0 Å². The molecular formula is C33H32O2. The minimum absolute atomic E-state index is 0.879. The normalized spacial score (nSPS) is 18.1. The SMILES string of the molecule is CCCCCCCCC1=Cc2c(ccc3ccccc23)OC12C=Cc1c(ccc3ccccc13)O2. The van der Waals surface area contributed by atoms with Gasteiger partial charge in [-0.25, -0.2) is 0 Å². The van der Waals surface area contributed by atoms with Crippen molar-refractivity contribution in [2.45, 2.75) is 57.7 Å². The third kappa shape index (κ3) is 4.01. The largest absolute Gasteiger partial charge is 0.444 e. The van der Waals surface area contributed by atoms with E-state index >= 15 is 0 Å². The van der Waals surface area contributed by atoms with Crippen LogP contribution in [0.2, 0.25) is 0 Å². The predicted octanol–water partition coefficient (Wildman–Crippen LogP) is 9.32. The molecule has 4 aromatic carbocycles. The molecule has 35 heavy (non-hydrogen) atoms. The summed E-state index contributed by atoms with van der Waals surface area (Å²) in [5.74, 6) is 0.863. The van der Waals surface area contributed by atoms with E-state index in [1.165, 1.54) is 59.2 Å². The second-order valence-corrected chi connectivity index (χ2v) is 9.79. The van der Waals surface area contributed by atoms with Crippen molar-refractivity contribution in [1.82, 2.24) is 0 Å². The number of hydrogen-bond donors (Lipinski definition) is 0. The van der Waals surface area contributed by atoms with Crippen LogP contribution in [0.3, 0.4) is 0 Å². The van der Waals surface area contributed by atoms with E-state index in [4.69, 9.17) is 9.47 Å². The Balaban J connectivity index is 1.39. The van der Waals surface area contributed by atoms with Crippen LogP contribution in [0.1, 0.15) is 63.0 Å². The molecule has 0 radical (unpaired) electrons. The number of ether oxygens (including phenoxy) is 2. The standard InChI is InChI=1S/C33H32O2/c1-2-3-4-5-6-7-14-26-23-30-28-16-11-9-13-25(28)18-20-32(30)35-33(26)22-21-29-27-15-10-8-12-24(27)17-19-31(29)34-33/h8-13,15-23H,2-7,14H2,1H3. The van der Waals surface area contributed by atoms with Crippen molar-refractivity contribution in [3.63, 3.8) is 0 Å². The molecule has 0 bridgehead atoms. The highest BCUT2D eigenvalue weighted by Gasteiger charge is 2.42. The van der Waals surface area contributed by atoms with Crippen molar-refractivity contribution in [1.29, 1.82) is 0 Å². The fourth-order valence-corrected chi connectivity index (χ4v) is 5.51. The van der Waals surface area contributed by atoms with Gasteiger partial charge in [-0.1, -0.05) is 99.7 Å². The van der Waals surface area contributed by atoms with E-state index in [9.17, 15) is 0 Å². The van der Waals surface area contributed by atoms with Gasteiger partial charge in [-0.3, -0.25) is 0 Å². The van der Waals surface area contributed by atoms with E-state index in [2.05, 4.69) is 97.9 Å². The molecule has 2 heteroatoms. The Morgan fingerprint density at radius 3 is 1.94 bits per heavy atom. The fourth-order valence-electron chi connectivity index (χ4n) is 5.51. The third-order valence-corrected chi connectivity index (χ3v) is 7.42. The lowest BCUT2D eigenvalue weighted by Gasteiger charge is -2.40. The van der Waals surface area contributed by atoms with Gasteiger partial charge in [0, 0.05) is 22.8 Å². The molecule has 0 fully saturated rings. The second-order valence-electron chi connectivity index (χ2n) is 9.79. The molecule has 0 saturated heterocycles. The van der Waals surface area contributed by atoms with Crippen LogP contribution < -0.4 is 9.47 Å². The van der Waals surface area contributed by atoms with Crippen molar-refractivity contribution < 1.29 is 9.47 Å². The lowest BCUT2D eigenvalue weighted by Crippen LogP contribution is -2.45. The van der Waals surface area contributed by atoms with E-state index in [1.54, 1.807) is 0 Å². The van der Waals surface area contributed by atoms with Gasteiger partial charge in [0.05, 0.1) is 0 Å². The molecule has 176 valence electrons. The van der Waals surface area contributed by atoms with Gasteiger partial charge in [0.1, 0.15) is 11.5 Å². The Morgan fingerprint density at radius 1 is 0.629 bits per heavy atom. The van der Waals surface area contributed by atoms with E-state index in [0.29, 0.717) is 0 Å². The van der Waals surface area contributed by atoms with Gasteiger partial charge in [0.25, 0.3) is 5.79 Å². The monoisotopic (exact) mass is 460 g/mol. The zero-order valence-corrected chi connectivity index (χ0v) is 20.4. The van der Waals surface area contributed by atoms with Gasteiger partial charge in [0.15, 0.2) is 0 Å². The maximum absolute atomic E-state index is 6.77. The first kappa shape index (κ1) is 22.0. The van der Waals surface area contributed by atoms with Crippen molar-refractivity contribution in [3.8, 4) is 11.5 Å². The highest BCUT2D eigenvalue weighted by Crippen LogP contribution is 2.46. The zero-order valence-electron chi connectivity index (χ0n) is 20.4. The van der Waals surface area contributed by atoms with E-state index in [1.807, 2.05) is 0 Å². The van der Waals surface area contributed by atoms with E-state index in [-0.39, 0.29) is 0 Å². The molecule has 2 nitrogen and oxygen atoms in total. The van der Waals surface area contributed by atoms with E-state index < -0.39 is 5.79 Å². The average Bonchev–Trinajstić information content (AvgIpc) is 2.90. The van der Waals surface area contributed by atoms with Crippen LogP contribution in [0.4, 0.5) is 0 Å². The third-order valence-electron chi connectivity index (χ3n) is 7.42. The Morgan fingerprint density at radius 2 is 1.23 bits per heavy atom. The lowest BCUT2D eigenvalue weighted by atomic mass is 9.89. The Kier molecular flexibility index (Phi) is 5.82. The molecule has 0 N–H and O–H groups in total. The van der Waals surface area contributed by atoms with Gasteiger partial charge in [-0.05, 0) is 58.7 Å². The Hall–Kier alpha value is -3.52. The molecule has 0 amide bonds. The first-order chi connectivity index (χ1) is 17.3. The van der Waals surface area contributed by atoms with Gasteiger partial charge in [-0.15, -0.1) is 0 Å². The number of fused-ring (bicyclic) bond motifs is 6. The molecular weight excluding hydrogens is 428 g/mol. The van der Waals surface area contributed by atoms with Crippen LogP contribution in [0.25, 0.3) is 33.7 Å².